The SMILES string of the molecule is CNc1cc(F)c(C(=O)N[C@@H](Cc2ccc(-n3c(=O)ccn(C)c3=O)cc2)C(=O)OC(C)C)c(F)c1. The maximum absolute atomic E-state index is 14.4. The van der Waals surface area contributed by atoms with Crippen LogP contribution in [0.4, 0.5) is 14.5 Å². The fourth-order valence-electron chi connectivity index (χ4n) is 3.49. The van der Waals surface area contributed by atoms with Crippen LogP contribution in [0.3, 0.4) is 0 Å². The van der Waals surface area contributed by atoms with Crippen LogP contribution in [0.15, 0.2) is 58.3 Å². The number of carbonyl (C=O) groups is 2. The number of hydrogen-bond acceptors (Lipinski definition) is 6. The number of aromatic nitrogens is 2. The first-order chi connectivity index (χ1) is 17.0. The van der Waals surface area contributed by atoms with Gasteiger partial charge in [-0.15, -0.1) is 0 Å². The summed E-state index contributed by atoms with van der Waals surface area (Å²) in [6.07, 6.45) is 0.793. The molecular weight excluding hydrogens is 474 g/mol. The molecule has 0 aliphatic heterocycles. The maximum Gasteiger partial charge on any atom is 0.335 e. The van der Waals surface area contributed by atoms with Crippen molar-refractivity contribution in [3.63, 3.8) is 0 Å². The highest BCUT2D eigenvalue weighted by molar-refractivity contribution is 5.97. The molecule has 0 aliphatic rings. The van der Waals surface area contributed by atoms with Gasteiger partial charge in [0.2, 0.25) is 0 Å². The van der Waals surface area contributed by atoms with Gasteiger partial charge < -0.3 is 19.9 Å². The second-order valence-corrected chi connectivity index (χ2v) is 8.33. The first-order valence-corrected chi connectivity index (χ1v) is 11.1. The zero-order valence-corrected chi connectivity index (χ0v) is 20.2. The van der Waals surface area contributed by atoms with E-state index in [9.17, 15) is 28.0 Å². The number of anilines is 1. The van der Waals surface area contributed by atoms with Crippen LogP contribution < -0.4 is 21.9 Å². The molecule has 2 aromatic carbocycles. The van der Waals surface area contributed by atoms with Crippen molar-refractivity contribution in [2.75, 3.05) is 12.4 Å². The summed E-state index contributed by atoms with van der Waals surface area (Å²) in [6, 6.07) is 8.09. The summed E-state index contributed by atoms with van der Waals surface area (Å²) in [5.41, 5.74) is -0.879. The number of nitrogens with one attached hydrogen (secondary N) is 2. The van der Waals surface area contributed by atoms with Gasteiger partial charge in [0, 0.05) is 38.5 Å². The molecule has 0 spiro atoms. The predicted octanol–water partition coefficient (Wildman–Crippen LogP) is 2.15. The number of nitrogens with zero attached hydrogens (tertiary/aromatic N) is 2. The number of carbonyl (C=O) groups excluding carboxylic acids is 2. The summed E-state index contributed by atoms with van der Waals surface area (Å²) in [5.74, 6) is -4.09. The average Bonchev–Trinajstić information content (AvgIpc) is 2.81. The molecule has 9 nitrogen and oxygen atoms in total. The Balaban J connectivity index is 1.88. The van der Waals surface area contributed by atoms with Crippen LogP contribution in [0, 0.1) is 11.6 Å². The lowest BCUT2D eigenvalue weighted by atomic mass is 10.0. The third-order valence-electron chi connectivity index (χ3n) is 5.29. The first kappa shape index (κ1) is 26.3. The summed E-state index contributed by atoms with van der Waals surface area (Å²) in [7, 11) is 2.99. The molecule has 0 saturated carbocycles. The molecule has 0 fully saturated rings. The Labute approximate surface area is 205 Å². The zero-order valence-electron chi connectivity index (χ0n) is 20.2. The number of amides is 1. The Kier molecular flexibility index (Phi) is 8.03. The minimum Gasteiger partial charge on any atom is -0.461 e. The number of benzene rings is 2. The van der Waals surface area contributed by atoms with Crippen LogP contribution in [0.25, 0.3) is 5.69 Å². The van der Waals surface area contributed by atoms with Gasteiger partial charge in [0.15, 0.2) is 0 Å². The number of aryl methyl sites for hydroxylation is 1. The molecule has 1 amide bonds. The summed E-state index contributed by atoms with van der Waals surface area (Å²) in [6.45, 7) is 3.25. The van der Waals surface area contributed by atoms with E-state index < -0.39 is 52.5 Å². The average molecular weight is 501 g/mol. The smallest absolute Gasteiger partial charge is 0.335 e. The molecule has 0 saturated heterocycles. The molecule has 3 aromatic rings. The molecule has 1 heterocycles. The van der Waals surface area contributed by atoms with E-state index in [-0.39, 0.29) is 12.1 Å². The van der Waals surface area contributed by atoms with Crippen molar-refractivity contribution in [2.45, 2.75) is 32.4 Å². The first-order valence-electron chi connectivity index (χ1n) is 11.1. The van der Waals surface area contributed by atoms with Crippen molar-refractivity contribution in [1.82, 2.24) is 14.5 Å². The minimum atomic E-state index is -1.26. The van der Waals surface area contributed by atoms with Gasteiger partial charge in [0.25, 0.3) is 11.5 Å². The third-order valence-corrected chi connectivity index (χ3v) is 5.29. The van der Waals surface area contributed by atoms with Crippen LogP contribution in [-0.2, 0) is 23.0 Å². The minimum absolute atomic E-state index is 0.0723. The van der Waals surface area contributed by atoms with Gasteiger partial charge in [-0.1, -0.05) is 12.1 Å². The van der Waals surface area contributed by atoms with Gasteiger partial charge in [-0.2, -0.15) is 0 Å². The van der Waals surface area contributed by atoms with E-state index in [1.165, 1.54) is 43.1 Å². The molecule has 11 heteroatoms. The molecule has 1 aromatic heterocycles. The molecule has 2 N–H and O–H groups in total. The highest BCUT2D eigenvalue weighted by Crippen LogP contribution is 2.19. The quantitative estimate of drug-likeness (QED) is 0.459. The lowest BCUT2D eigenvalue weighted by Crippen LogP contribution is -2.44. The third kappa shape index (κ3) is 5.85. The van der Waals surface area contributed by atoms with Crippen molar-refractivity contribution in [3.05, 3.63) is 92.3 Å². The summed E-state index contributed by atoms with van der Waals surface area (Å²) in [5, 5.41) is 4.94. The van der Waals surface area contributed by atoms with Crippen molar-refractivity contribution in [2.24, 2.45) is 7.05 Å². The maximum atomic E-state index is 14.4. The van der Waals surface area contributed by atoms with E-state index in [0.29, 0.717) is 11.3 Å². The van der Waals surface area contributed by atoms with Crippen LogP contribution in [0.1, 0.15) is 29.8 Å². The van der Waals surface area contributed by atoms with E-state index >= 15 is 0 Å². The van der Waals surface area contributed by atoms with E-state index in [4.69, 9.17) is 4.74 Å². The van der Waals surface area contributed by atoms with Crippen LogP contribution >= 0.6 is 0 Å². The van der Waals surface area contributed by atoms with Crippen LogP contribution in [0.5, 0.6) is 0 Å². The Morgan fingerprint density at radius 1 is 1.03 bits per heavy atom. The highest BCUT2D eigenvalue weighted by Gasteiger charge is 2.27. The van der Waals surface area contributed by atoms with Crippen molar-refractivity contribution in [3.8, 4) is 5.69 Å². The van der Waals surface area contributed by atoms with E-state index in [2.05, 4.69) is 10.6 Å². The van der Waals surface area contributed by atoms with E-state index in [0.717, 1.165) is 16.7 Å². The van der Waals surface area contributed by atoms with Gasteiger partial charge in [0.1, 0.15) is 23.2 Å². The zero-order chi connectivity index (χ0) is 26.6. The van der Waals surface area contributed by atoms with Crippen LogP contribution in [0.2, 0.25) is 0 Å². The molecule has 36 heavy (non-hydrogen) atoms. The molecule has 1 atom stereocenters. The second-order valence-electron chi connectivity index (χ2n) is 8.33. The topological polar surface area (TPSA) is 111 Å². The van der Waals surface area contributed by atoms with E-state index in [1.54, 1.807) is 26.0 Å². The Bertz CT molecular complexity index is 1370. The molecular formula is C25H26F2N4O5. The largest absolute Gasteiger partial charge is 0.461 e. The Morgan fingerprint density at radius 3 is 2.19 bits per heavy atom. The van der Waals surface area contributed by atoms with E-state index in [1.807, 2.05) is 0 Å². The molecule has 190 valence electrons. The number of halogens is 2. The Hall–Kier alpha value is -4.28. The van der Waals surface area contributed by atoms with Crippen molar-refractivity contribution >= 4 is 17.6 Å². The molecule has 3 rings (SSSR count). The second kappa shape index (κ2) is 11.0. The lowest BCUT2D eigenvalue weighted by molar-refractivity contribution is -0.149. The fraction of sp³-hybridized carbons (Fsp3) is 0.280. The lowest BCUT2D eigenvalue weighted by Gasteiger charge is -2.20. The standard InChI is InChI=1S/C25H26F2N4O5/c1-14(2)36-24(34)20(29-23(33)22-18(26)12-16(28-3)13-19(22)27)11-15-5-7-17(8-6-15)31-21(32)9-10-30(4)25(31)35/h5-10,12-14,20,28H,11H2,1-4H3,(H,29,33)/t20-/m0/s1. The molecule has 0 radical (unpaired) electrons. The molecule has 0 aliphatic carbocycles. The number of rotatable bonds is 8. The Morgan fingerprint density at radius 2 is 1.64 bits per heavy atom. The van der Waals surface area contributed by atoms with Crippen molar-refractivity contribution in [1.29, 1.82) is 0 Å². The normalized spacial score (nSPS) is 11.8. The van der Waals surface area contributed by atoms with Gasteiger partial charge >= 0.3 is 11.7 Å². The van der Waals surface area contributed by atoms with Crippen LogP contribution in [-0.4, -0.2) is 40.2 Å². The fourth-order valence-corrected chi connectivity index (χ4v) is 3.49. The highest BCUT2D eigenvalue weighted by atomic mass is 19.1. The number of hydrogen-bond donors (Lipinski definition) is 2. The number of esters is 1. The summed E-state index contributed by atoms with van der Waals surface area (Å²) >= 11 is 0. The number of ether oxygens (including phenoxy) is 1. The summed E-state index contributed by atoms with van der Waals surface area (Å²) in [4.78, 5) is 49.9. The van der Waals surface area contributed by atoms with Gasteiger partial charge in [0.05, 0.1) is 11.8 Å². The summed E-state index contributed by atoms with van der Waals surface area (Å²) < 4.78 is 36.3. The molecule has 0 unspecified atom stereocenters. The van der Waals surface area contributed by atoms with Gasteiger partial charge in [-0.25, -0.2) is 22.9 Å². The monoisotopic (exact) mass is 500 g/mol. The van der Waals surface area contributed by atoms with Gasteiger partial charge in [-0.3, -0.25) is 9.59 Å². The van der Waals surface area contributed by atoms with Crippen molar-refractivity contribution < 1.29 is 23.1 Å². The molecule has 0 bridgehead atoms. The van der Waals surface area contributed by atoms with Gasteiger partial charge in [-0.05, 0) is 43.7 Å². The predicted molar refractivity (Wildman–Crippen MR) is 129 cm³/mol.